The van der Waals surface area contributed by atoms with E-state index in [0.717, 1.165) is 48.7 Å². The summed E-state index contributed by atoms with van der Waals surface area (Å²) in [5, 5.41) is 8.62. The van der Waals surface area contributed by atoms with Crippen molar-refractivity contribution in [2.75, 3.05) is 13.1 Å². The van der Waals surface area contributed by atoms with Gasteiger partial charge in [-0.2, -0.15) is 0 Å². The van der Waals surface area contributed by atoms with E-state index in [2.05, 4.69) is 19.6 Å². The second kappa shape index (κ2) is 6.50. The molecule has 0 N–H and O–H groups in total. The summed E-state index contributed by atoms with van der Waals surface area (Å²) in [6.07, 6.45) is 8.05. The van der Waals surface area contributed by atoms with E-state index in [4.69, 9.17) is 0 Å². The highest BCUT2D eigenvalue weighted by molar-refractivity contribution is 5.78. The Kier molecular flexibility index (Phi) is 3.85. The van der Waals surface area contributed by atoms with Gasteiger partial charge >= 0.3 is 0 Å². The molecule has 4 aromatic heterocycles. The number of carbonyl (C=O) groups excluding carboxylic acids is 1. The lowest BCUT2D eigenvalue weighted by Gasteiger charge is -2.31. The standard InChI is InChI=1S/C20H20N6O/c27-19(13-16-14-25-9-3-1-5-17(25)21-16)24-11-7-15(8-12-24)20-23-22-18-6-2-4-10-26(18)20/h1-6,9-10,14-15H,7-8,11-13H2. The van der Waals surface area contributed by atoms with Gasteiger partial charge in [-0.05, 0) is 37.1 Å². The Bertz CT molecular complexity index is 1070. The zero-order valence-electron chi connectivity index (χ0n) is 14.9. The van der Waals surface area contributed by atoms with E-state index in [0.29, 0.717) is 12.3 Å². The molecular weight excluding hydrogens is 340 g/mol. The number of rotatable bonds is 3. The van der Waals surface area contributed by atoms with Crippen molar-refractivity contribution < 1.29 is 4.79 Å². The molecule has 0 aromatic carbocycles. The van der Waals surface area contributed by atoms with Crippen molar-refractivity contribution in [2.45, 2.75) is 25.2 Å². The van der Waals surface area contributed by atoms with Gasteiger partial charge in [-0.1, -0.05) is 12.1 Å². The van der Waals surface area contributed by atoms with E-state index < -0.39 is 0 Å². The largest absolute Gasteiger partial charge is 0.342 e. The van der Waals surface area contributed by atoms with Crippen LogP contribution in [-0.4, -0.2) is 47.9 Å². The molecule has 7 nitrogen and oxygen atoms in total. The van der Waals surface area contributed by atoms with Gasteiger partial charge in [0, 0.05) is 37.6 Å². The molecule has 5 rings (SSSR count). The molecule has 1 fully saturated rings. The SMILES string of the molecule is O=C(Cc1cn2ccccc2n1)N1CCC(c2nnc3ccccn23)CC1. The zero-order chi connectivity index (χ0) is 18.2. The number of carbonyl (C=O) groups is 1. The van der Waals surface area contributed by atoms with Gasteiger partial charge in [0.05, 0.1) is 12.1 Å². The molecule has 0 unspecified atom stereocenters. The molecule has 0 saturated carbocycles. The predicted molar refractivity (Wildman–Crippen MR) is 100 cm³/mol. The van der Waals surface area contributed by atoms with Crippen molar-refractivity contribution >= 4 is 17.2 Å². The summed E-state index contributed by atoms with van der Waals surface area (Å²) < 4.78 is 4.00. The van der Waals surface area contributed by atoms with E-state index in [1.165, 1.54) is 0 Å². The lowest BCUT2D eigenvalue weighted by atomic mass is 9.95. The second-order valence-electron chi connectivity index (χ2n) is 7.02. The third kappa shape index (κ3) is 2.95. The highest BCUT2D eigenvalue weighted by Gasteiger charge is 2.27. The van der Waals surface area contributed by atoms with E-state index in [9.17, 15) is 4.79 Å². The number of piperidine rings is 1. The lowest BCUT2D eigenvalue weighted by molar-refractivity contribution is -0.131. The van der Waals surface area contributed by atoms with Gasteiger partial charge < -0.3 is 9.30 Å². The van der Waals surface area contributed by atoms with Crippen LogP contribution in [-0.2, 0) is 11.2 Å². The minimum Gasteiger partial charge on any atom is -0.342 e. The van der Waals surface area contributed by atoms with Gasteiger partial charge in [0.25, 0.3) is 0 Å². The monoisotopic (exact) mass is 360 g/mol. The first-order chi connectivity index (χ1) is 13.3. The average molecular weight is 360 g/mol. The van der Waals surface area contributed by atoms with Crippen LogP contribution in [0.4, 0.5) is 0 Å². The zero-order valence-corrected chi connectivity index (χ0v) is 14.9. The van der Waals surface area contributed by atoms with Crippen LogP contribution in [0.3, 0.4) is 0 Å². The van der Waals surface area contributed by atoms with Crippen LogP contribution in [0.5, 0.6) is 0 Å². The molecule has 0 spiro atoms. The van der Waals surface area contributed by atoms with Gasteiger partial charge in [-0.3, -0.25) is 9.20 Å². The van der Waals surface area contributed by atoms with Crippen LogP contribution < -0.4 is 0 Å². The van der Waals surface area contributed by atoms with Gasteiger partial charge in [-0.25, -0.2) is 4.98 Å². The van der Waals surface area contributed by atoms with E-state index >= 15 is 0 Å². The van der Waals surface area contributed by atoms with Crippen molar-refractivity contribution in [2.24, 2.45) is 0 Å². The highest BCUT2D eigenvalue weighted by atomic mass is 16.2. The fourth-order valence-electron chi connectivity index (χ4n) is 3.86. The highest BCUT2D eigenvalue weighted by Crippen LogP contribution is 2.27. The van der Waals surface area contributed by atoms with Crippen LogP contribution in [0.15, 0.2) is 55.0 Å². The molecule has 1 aliphatic heterocycles. The molecule has 136 valence electrons. The maximum atomic E-state index is 12.7. The van der Waals surface area contributed by atoms with Crippen molar-refractivity contribution in [1.82, 2.24) is 28.9 Å². The summed E-state index contributed by atoms with van der Waals surface area (Å²) >= 11 is 0. The molecule has 4 aromatic rings. The number of likely N-dealkylation sites (tertiary alicyclic amines) is 1. The van der Waals surface area contributed by atoms with Crippen LogP contribution >= 0.6 is 0 Å². The number of fused-ring (bicyclic) bond motifs is 2. The average Bonchev–Trinajstić information content (AvgIpc) is 3.31. The number of hydrogen-bond donors (Lipinski definition) is 0. The normalized spacial score (nSPS) is 15.6. The predicted octanol–water partition coefficient (Wildman–Crippen LogP) is 2.33. The molecule has 0 radical (unpaired) electrons. The number of nitrogens with zero attached hydrogens (tertiary/aromatic N) is 6. The summed E-state index contributed by atoms with van der Waals surface area (Å²) in [7, 11) is 0. The summed E-state index contributed by atoms with van der Waals surface area (Å²) in [6.45, 7) is 1.50. The number of pyridine rings is 2. The first-order valence-corrected chi connectivity index (χ1v) is 9.28. The summed E-state index contributed by atoms with van der Waals surface area (Å²) in [5.74, 6) is 1.47. The summed E-state index contributed by atoms with van der Waals surface area (Å²) in [6, 6.07) is 11.8. The van der Waals surface area contributed by atoms with Crippen molar-refractivity contribution in [1.29, 1.82) is 0 Å². The van der Waals surface area contributed by atoms with Crippen LogP contribution in [0, 0.1) is 0 Å². The van der Waals surface area contributed by atoms with Crippen molar-refractivity contribution in [3.8, 4) is 0 Å². The Hall–Kier alpha value is -3.22. The Morgan fingerprint density at radius 3 is 2.59 bits per heavy atom. The minimum atomic E-state index is 0.142. The molecular formula is C20H20N6O. The van der Waals surface area contributed by atoms with E-state index in [1.807, 2.05) is 64.3 Å². The molecule has 1 saturated heterocycles. The third-order valence-corrected chi connectivity index (χ3v) is 5.30. The van der Waals surface area contributed by atoms with Crippen LogP contribution in [0.25, 0.3) is 11.3 Å². The number of imidazole rings is 1. The molecule has 27 heavy (non-hydrogen) atoms. The smallest absolute Gasteiger partial charge is 0.228 e. The molecule has 0 atom stereocenters. The van der Waals surface area contributed by atoms with Crippen LogP contribution in [0.1, 0.15) is 30.3 Å². The summed E-state index contributed by atoms with van der Waals surface area (Å²) in [4.78, 5) is 19.2. The van der Waals surface area contributed by atoms with Gasteiger partial charge in [0.15, 0.2) is 5.65 Å². The Labute approximate surface area is 156 Å². The van der Waals surface area contributed by atoms with E-state index in [-0.39, 0.29) is 5.91 Å². The molecule has 1 amide bonds. The summed E-state index contributed by atoms with van der Waals surface area (Å²) in [5.41, 5.74) is 2.56. The van der Waals surface area contributed by atoms with Gasteiger partial charge in [0.1, 0.15) is 11.5 Å². The fourth-order valence-corrected chi connectivity index (χ4v) is 3.86. The maximum absolute atomic E-state index is 12.7. The first-order valence-electron chi connectivity index (χ1n) is 9.28. The maximum Gasteiger partial charge on any atom is 0.228 e. The Morgan fingerprint density at radius 1 is 1.00 bits per heavy atom. The van der Waals surface area contributed by atoms with E-state index in [1.54, 1.807) is 0 Å². The fraction of sp³-hybridized carbons (Fsp3) is 0.300. The van der Waals surface area contributed by atoms with Crippen LogP contribution in [0.2, 0.25) is 0 Å². The molecule has 0 bridgehead atoms. The van der Waals surface area contributed by atoms with Crippen molar-refractivity contribution in [3.05, 3.63) is 66.5 Å². The quantitative estimate of drug-likeness (QED) is 0.562. The topological polar surface area (TPSA) is 67.8 Å². The van der Waals surface area contributed by atoms with Gasteiger partial charge in [-0.15, -0.1) is 10.2 Å². The minimum absolute atomic E-state index is 0.142. The molecule has 0 aliphatic carbocycles. The molecule has 1 aliphatic rings. The lowest BCUT2D eigenvalue weighted by Crippen LogP contribution is -2.39. The second-order valence-corrected chi connectivity index (χ2v) is 7.02. The van der Waals surface area contributed by atoms with Crippen molar-refractivity contribution in [3.63, 3.8) is 0 Å². The number of amides is 1. The number of hydrogen-bond acceptors (Lipinski definition) is 4. The van der Waals surface area contributed by atoms with Gasteiger partial charge in [0.2, 0.25) is 5.91 Å². The molecule has 7 heteroatoms. The Morgan fingerprint density at radius 2 is 1.78 bits per heavy atom. The number of aromatic nitrogens is 5. The Balaban J connectivity index is 1.25. The third-order valence-electron chi connectivity index (χ3n) is 5.30. The molecule has 5 heterocycles. The first kappa shape index (κ1) is 16.0.